The van der Waals surface area contributed by atoms with Crippen molar-refractivity contribution in [1.82, 2.24) is 0 Å². The van der Waals surface area contributed by atoms with Crippen LogP contribution >= 0.6 is 0 Å². The second-order valence-electron chi connectivity index (χ2n) is 7.80. The minimum Gasteiger partial charge on any atom is -0.431 e. The third-order valence-electron chi connectivity index (χ3n) is 4.42. The molecule has 0 radical (unpaired) electrons. The van der Waals surface area contributed by atoms with Crippen LogP contribution in [-0.2, 0) is 15.8 Å². The summed E-state index contributed by atoms with van der Waals surface area (Å²) >= 11 is 0. The van der Waals surface area contributed by atoms with Gasteiger partial charge in [-0.25, -0.2) is 4.79 Å². The van der Waals surface area contributed by atoms with Crippen LogP contribution in [0.15, 0.2) is 48.5 Å². The van der Waals surface area contributed by atoms with E-state index in [0.29, 0.717) is 5.75 Å². The summed E-state index contributed by atoms with van der Waals surface area (Å²) in [6, 6.07) is 15.4. The molecule has 1 N–H and O–H groups in total. The van der Waals surface area contributed by atoms with Crippen molar-refractivity contribution in [2.75, 3.05) is 0 Å². The Labute approximate surface area is 155 Å². The largest absolute Gasteiger partial charge is 0.514 e. The van der Waals surface area contributed by atoms with Gasteiger partial charge in [0.25, 0.3) is 0 Å². The number of rotatable bonds is 5. The van der Waals surface area contributed by atoms with Crippen LogP contribution in [-0.4, -0.2) is 17.4 Å². The fourth-order valence-corrected chi connectivity index (χ4v) is 2.71. The molecule has 0 aliphatic heterocycles. The first kappa shape index (κ1) is 20.0. The van der Waals surface area contributed by atoms with E-state index in [4.69, 9.17) is 9.47 Å². The quantitative estimate of drug-likeness (QED) is 0.593. The van der Waals surface area contributed by atoms with Crippen LogP contribution in [0.5, 0.6) is 5.75 Å². The highest BCUT2D eigenvalue weighted by molar-refractivity contribution is 5.64. The van der Waals surface area contributed by atoms with Gasteiger partial charge in [0.1, 0.15) is 5.75 Å². The molecule has 2 rings (SSSR count). The molecule has 0 aromatic heterocycles. The number of hydrogen-bond donors (Lipinski definition) is 1. The van der Waals surface area contributed by atoms with Gasteiger partial charge >= 0.3 is 6.16 Å². The number of ether oxygens (including phenoxy) is 2. The van der Waals surface area contributed by atoms with Crippen LogP contribution in [0.4, 0.5) is 4.79 Å². The Hall–Kier alpha value is -2.33. The molecule has 2 aromatic rings. The Kier molecular flexibility index (Phi) is 5.77. The van der Waals surface area contributed by atoms with Crippen molar-refractivity contribution in [3.8, 4) is 5.75 Å². The fourth-order valence-electron chi connectivity index (χ4n) is 2.71. The van der Waals surface area contributed by atoms with Crippen molar-refractivity contribution in [1.29, 1.82) is 0 Å². The Morgan fingerprint density at radius 3 is 1.69 bits per heavy atom. The first-order valence-corrected chi connectivity index (χ1v) is 8.82. The summed E-state index contributed by atoms with van der Waals surface area (Å²) < 4.78 is 10.1. The van der Waals surface area contributed by atoms with Crippen LogP contribution in [0, 0.1) is 0 Å². The lowest BCUT2D eigenvalue weighted by Crippen LogP contribution is -2.20. The van der Waals surface area contributed by atoms with Gasteiger partial charge in [-0.2, -0.15) is 0 Å². The Morgan fingerprint density at radius 2 is 1.27 bits per heavy atom. The van der Waals surface area contributed by atoms with Crippen molar-refractivity contribution in [3.63, 3.8) is 0 Å². The zero-order valence-corrected chi connectivity index (χ0v) is 16.4. The van der Waals surface area contributed by atoms with E-state index in [2.05, 4.69) is 13.8 Å². The van der Waals surface area contributed by atoms with Gasteiger partial charge < -0.3 is 14.6 Å². The lowest BCUT2D eigenvalue weighted by molar-refractivity contribution is 0.0728. The second kappa shape index (κ2) is 7.50. The summed E-state index contributed by atoms with van der Waals surface area (Å²) in [6.45, 7) is 11.4. The predicted octanol–water partition coefficient (Wildman–Crippen LogP) is 5.16. The number of hydrogen-bond acceptors (Lipinski definition) is 4. The van der Waals surface area contributed by atoms with Gasteiger partial charge in [-0.15, -0.1) is 0 Å². The monoisotopic (exact) mass is 356 g/mol. The summed E-state index contributed by atoms with van der Waals surface area (Å²) in [7, 11) is 0. The van der Waals surface area contributed by atoms with E-state index in [1.165, 1.54) is 0 Å². The summed E-state index contributed by atoms with van der Waals surface area (Å²) in [4.78, 5) is 11.6. The van der Waals surface area contributed by atoms with Crippen molar-refractivity contribution in [2.24, 2.45) is 0 Å². The average molecular weight is 356 g/mol. The van der Waals surface area contributed by atoms with Crippen LogP contribution in [0.2, 0.25) is 0 Å². The summed E-state index contributed by atoms with van der Waals surface area (Å²) in [5, 5.41) is 10.1. The molecule has 4 nitrogen and oxygen atoms in total. The minimum atomic E-state index is -0.855. The van der Waals surface area contributed by atoms with Gasteiger partial charge in [0.15, 0.2) is 0 Å². The van der Waals surface area contributed by atoms with Crippen LogP contribution in [0.25, 0.3) is 0 Å². The SMILES string of the molecule is CC(C)OC(=O)Oc1ccc(C(C)(C)c2ccc(C(C)(C)O)cc2)cc1. The molecule has 0 aliphatic carbocycles. The molecule has 4 heteroatoms. The molecule has 26 heavy (non-hydrogen) atoms. The maximum Gasteiger partial charge on any atom is 0.514 e. The smallest absolute Gasteiger partial charge is 0.431 e. The van der Waals surface area contributed by atoms with E-state index >= 15 is 0 Å². The third kappa shape index (κ3) is 4.85. The van der Waals surface area contributed by atoms with E-state index in [9.17, 15) is 9.90 Å². The predicted molar refractivity (Wildman–Crippen MR) is 103 cm³/mol. The van der Waals surface area contributed by atoms with E-state index in [-0.39, 0.29) is 11.5 Å². The zero-order valence-electron chi connectivity index (χ0n) is 16.4. The molecule has 0 heterocycles. The summed E-state index contributed by atoms with van der Waals surface area (Å²) in [5.41, 5.74) is 2.03. The molecule has 0 spiro atoms. The molecule has 0 aliphatic rings. The van der Waals surface area contributed by atoms with Crippen molar-refractivity contribution in [2.45, 2.75) is 58.7 Å². The molecule has 0 saturated heterocycles. The standard InChI is InChI=1S/C22H28O4/c1-15(2)25-20(23)26-19-13-11-17(12-14-19)21(3,4)16-7-9-18(10-8-16)22(5,6)24/h7-15,24H,1-6H3. The second-order valence-corrected chi connectivity index (χ2v) is 7.80. The first-order chi connectivity index (χ1) is 12.0. The summed E-state index contributed by atoms with van der Waals surface area (Å²) in [6.07, 6.45) is -0.915. The molecule has 0 saturated carbocycles. The lowest BCUT2D eigenvalue weighted by atomic mass is 9.77. The number of benzene rings is 2. The average Bonchev–Trinajstić information content (AvgIpc) is 2.54. The molecule has 0 bridgehead atoms. The summed E-state index contributed by atoms with van der Waals surface area (Å²) in [5.74, 6) is 0.451. The van der Waals surface area contributed by atoms with Crippen LogP contribution in [0.3, 0.4) is 0 Å². The van der Waals surface area contributed by atoms with Gasteiger partial charge in [0.05, 0.1) is 11.7 Å². The third-order valence-corrected chi connectivity index (χ3v) is 4.42. The number of carbonyl (C=O) groups excluding carboxylic acids is 1. The van der Waals surface area contributed by atoms with Gasteiger partial charge in [-0.3, -0.25) is 0 Å². The lowest BCUT2D eigenvalue weighted by Gasteiger charge is -2.27. The molecule has 2 aromatic carbocycles. The van der Waals surface area contributed by atoms with Gasteiger partial charge in [-0.1, -0.05) is 50.2 Å². The normalized spacial score (nSPS) is 12.2. The first-order valence-electron chi connectivity index (χ1n) is 8.82. The number of aliphatic hydroxyl groups is 1. The fraction of sp³-hybridized carbons (Fsp3) is 0.409. The van der Waals surface area contributed by atoms with E-state index in [1.807, 2.05) is 36.4 Å². The van der Waals surface area contributed by atoms with Gasteiger partial charge in [0, 0.05) is 5.41 Å². The van der Waals surface area contributed by atoms with Gasteiger partial charge in [-0.05, 0) is 56.5 Å². The highest BCUT2D eigenvalue weighted by Gasteiger charge is 2.24. The molecule has 140 valence electrons. The van der Waals surface area contributed by atoms with Crippen molar-refractivity contribution >= 4 is 6.16 Å². The van der Waals surface area contributed by atoms with Gasteiger partial charge in [0.2, 0.25) is 0 Å². The molecular weight excluding hydrogens is 328 g/mol. The molecule has 0 fully saturated rings. The van der Waals surface area contributed by atoms with E-state index < -0.39 is 11.8 Å². The highest BCUT2D eigenvalue weighted by Crippen LogP contribution is 2.33. The molecular formula is C22H28O4. The molecule has 0 atom stereocenters. The Morgan fingerprint density at radius 1 is 0.846 bits per heavy atom. The highest BCUT2D eigenvalue weighted by atomic mass is 16.7. The molecule has 0 amide bonds. The maximum atomic E-state index is 11.6. The van der Waals surface area contributed by atoms with Crippen molar-refractivity contribution < 1.29 is 19.4 Å². The van der Waals surface area contributed by atoms with Crippen LogP contribution < -0.4 is 4.74 Å². The molecule has 0 unspecified atom stereocenters. The van der Waals surface area contributed by atoms with E-state index in [1.54, 1.807) is 39.8 Å². The minimum absolute atomic E-state index is 0.215. The Balaban J connectivity index is 2.17. The van der Waals surface area contributed by atoms with Crippen LogP contribution in [0.1, 0.15) is 58.2 Å². The topological polar surface area (TPSA) is 55.8 Å². The van der Waals surface area contributed by atoms with E-state index in [0.717, 1.165) is 16.7 Å². The maximum absolute atomic E-state index is 11.6. The zero-order chi connectivity index (χ0) is 19.5. The Bertz CT molecular complexity index is 735. The van der Waals surface area contributed by atoms with Crippen molar-refractivity contribution in [3.05, 3.63) is 65.2 Å². The number of carbonyl (C=O) groups is 1.